The number of carboxylic acids is 1. The Bertz CT molecular complexity index is 872. The Morgan fingerprint density at radius 2 is 1.92 bits per heavy atom. The number of methoxy groups -OCH3 is 1. The number of aryl methyl sites for hydroxylation is 1. The molecule has 122 valence electrons. The Hall–Kier alpha value is -3.28. The minimum absolute atomic E-state index is 0.132. The molecule has 0 unspecified atom stereocenters. The van der Waals surface area contributed by atoms with Crippen LogP contribution in [-0.2, 0) is 0 Å². The fourth-order valence-electron chi connectivity index (χ4n) is 2.43. The maximum Gasteiger partial charge on any atom is 0.337 e. The van der Waals surface area contributed by atoms with Crippen molar-refractivity contribution >= 4 is 17.5 Å². The summed E-state index contributed by atoms with van der Waals surface area (Å²) in [7, 11) is 1.50. The zero-order chi connectivity index (χ0) is 17.1. The molecule has 0 aliphatic rings. The molecule has 0 saturated heterocycles. The molecule has 2 aromatic carbocycles. The van der Waals surface area contributed by atoms with E-state index in [-0.39, 0.29) is 5.56 Å². The van der Waals surface area contributed by atoms with Crippen molar-refractivity contribution < 1.29 is 14.6 Å². The molecule has 0 fully saturated rings. The molecular formula is C18H17N3O3. The highest BCUT2D eigenvalue weighted by Gasteiger charge is 2.14. The maximum absolute atomic E-state index is 11.5. The fraction of sp³-hybridized carbons (Fsp3) is 0.111. The Morgan fingerprint density at radius 3 is 2.58 bits per heavy atom. The predicted octanol–water partition coefficient (Wildman–Crippen LogP) is 3.63. The van der Waals surface area contributed by atoms with Gasteiger partial charge in [0.15, 0.2) is 0 Å². The minimum Gasteiger partial charge on any atom is -0.497 e. The third kappa shape index (κ3) is 3.08. The zero-order valence-electron chi connectivity index (χ0n) is 13.4. The van der Waals surface area contributed by atoms with Crippen LogP contribution in [0.5, 0.6) is 5.75 Å². The van der Waals surface area contributed by atoms with Crippen molar-refractivity contribution in [2.45, 2.75) is 6.92 Å². The van der Waals surface area contributed by atoms with E-state index in [2.05, 4.69) is 10.4 Å². The number of ether oxygens (including phenoxy) is 1. The van der Waals surface area contributed by atoms with Crippen LogP contribution in [-0.4, -0.2) is 28.0 Å². The van der Waals surface area contributed by atoms with Gasteiger partial charge < -0.3 is 15.2 Å². The SMILES string of the molecule is COc1ccc(Nc2cc(C)nn2-c2ccccc2)c(C(=O)O)c1. The first kappa shape index (κ1) is 15.6. The van der Waals surface area contributed by atoms with Crippen LogP contribution in [0.4, 0.5) is 11.5 Å². The number of aromatic nitrogens is 2. The molecule has 24 heavy (non-hydrogen) atoms. The van der Waals surface area contributed by atoms with Crippen LogP contribution in [0.25, 0.3) is 5.69 Å². The Morgan fingerprint density at radius 1 is 1.17 bits per heavy atom. The van der Waals surface area contributed by atoms with Gasteiger partial charge in [-0.25, -0.2) is 9.48 Å². The number of carbonyl (C=O) groups is 1. The van der Waals surface area contributed by atoms with Crippen LogP contribution in [0.15, 0.2) is 54.6 Å². The van der Waals surface area contributed by atoms with E-state index in [1.54, 1.807) is 16.8 Å². The fourth-order valence-corrected chi connectivity index (χ4v) is 2.43. The number of nitrogens with zero attached hydrogens (tertiary/aromatic N) is 2. The van der Waals surface area contributed by atoms with Crippen molar-refractivity contribution in [1.29, 1.82) is 0 Å². The second-order valence-electron chi connectivity index (χ2n) is 5.26. The van der Waals surface area contributed by atoms with Crippen LogP contribution >= 0.6 is 0 Å². The highest BCUT2D eigenvalue weighted by molar-refractivity contribution is 5.95. The molecule has 3 aromatic rings. The summed E-state index contributed by atoms with van der Waals surface area (Å²) in [5, 5.41) is 17.1. The Kier molecular flexibility index (Phi) is 4.20. The summed E-state index contributed by atoms with van der Waals surface area (Å²) in [5.41, 5.74) is 2.32. The lowest BCUT2D eigenvalue weighted by molar-refractivity contribution is 0.0697. The first-order valence-electron chi connectivity index (χ1n) is 7.39. The van der Waals surface area contributed by atoms with Gasteiger partial charge >= 0.3 is 5.97 Å². The third-order valence-corrected chi connectivity index (χ3v) is 3.55. The quantitative estimate of drug-likeness (QED) is 0.750. The van der Waals surface area contributed by atoms with Gasteiger partial charge in [0.1, 0.15) is 11.6 Å². The van der Waals surface area contributed by atoms with Crippen LogP contribution in [0.2, 0.25) is 0 Å². The monoisotopic (exact) mass is 323 g/mol. The van der Waals surface area contributed by atoms with E-state index < -0.39 is 5.97 Å². The van der Waals surface area contributed by atoms with E-state index in [4.69, 9.17) is 4.74 Å². The van der Waals surface area contributed by atoms with Crippen LogP contribution < -0.4 is 10.1 Å². The lowest BCUT2D eigenvalue weighted by Gasteiger charge is -2.12. The summed E-state index contributed by atoms with van der Waals surface area (Å²) in [4.78, 5) is 11.5. The van der Waals surface area contributed by atoms with Gasteiger partial charge in [0.25, 0.3) is 0 Å². The lowest BCUT2D eigenvalue weighted by atomic mass is 10.1. The molecule has 0 atom stereocenters. The van der Waals surface area contributed by atoms with Gasteiger partial charge in [0.05, 0.1) is 29.7 Å². The van der Waals surface area contributed by atoms with Gasteiger partial charge in [-0.05, 0) is 37.3 Å². The van der Waals surface area contributed by atoms with Crippen molar-refractivity contribution in [2.75, 3.05) is 12.4 Å². The summed E-state index contributed by atoms with van der Waals surface area (Å²) in [6, 6.07) is 16.4. The first-order chi connectivity index (χ1) is 11.6. The van der Waals surface area contributed by atoms with E-state index in [1.807, 2.05) is 43.3 Å². The molecule has 1 aromatic heterocycles. The van der Waals surface area contributed by atoms with Gasteiger partial charge in [-0.2, -0.15) is 5.10 Å². The summed E-state index contributed by atoms with van der Waals surface area (Å²) < 4.78 is 6.84. The molecule has 0 aliphatic carbocycles. The van der Waals surface area contributed by atoms with Crippen molar-refractivity contribution in [3.63, 3.8) is 0 Å². The molecule has 3 rings (SSSR count). The molecule has 6 nitrogen and oxygen atoms in total. The maximum atomic E-state index is 11.5. The smallest absolute Gasteiger partial charge is 0.337 e. The number of benzene rings is 2. The number of nitrogens with one attached hydrogen (secondary N) is 1. The molecule has 0 amide bonds. The number of aromatic carboxylic acids is 1. The Labute approximate surface area is 139 Å². The highest BCUT2D eigenvalue weighted by atomic mass is 16.5. The van der Waals surface area contributed by atoms with Crippen molar-refractivity contribution in [3.05, 3.63) is 65.9 Å². The number of hydrogen-bond donors (Lipinski definition) is 2. The molecule has 1 heterocycles. The molecule has 0 saturated carbocycles. The molecule has 2 N–H and O–H groups in total. The lowest BCUT2D eigenvalue weighted by Crippen LogP contribution is -2.07. The zero-order valence-corrected chi connectivity index (χ0v) is 13.4. The number of para-hydroxylation sites is 1. The van der Waals surface area contributed by atoms with Gasteiger partial charge in [-0.15, -0.1) is 0 Å². The van der Waals surface area contributed by atoms with Crippen LogP contribution in [0, 0.1) is 6.92 Å². The van der Waals surface area contributed by atoms with Crippen LogP contribution in [0.1, 0.15) is 16.1 Å². The van der Waals surface area contributed by atoms with Crippen LogP contribution in [0.3, 0.4) is 0 Å². The first-order valence-corrected chi connectivity index (χ1v) is 7.39. The minimum atomic E-state index is -1.03. The second kappa shape index (κ2) is 6.45. The topological polar surface area (TPSA) is 76.4 Å². The summed E-state index contributed by atoms with van der Waals surface area (Å²) in [6.45, 7) is 1.89. The normalized spacial score (nSPS) is 10.4. The van der Waals surface area contributed by atoms with Crippen molar-refractivity contribution in [3.8, 4) is 11.4 Å². The number of hydrogen-bond acceptors (Lipinski definition) is 4. The van der Waals surface area contributed by atoms with Gasteiger partial charge in [0.2, 0.25) is 0 Å². The van der Waals surface area contributed by atoms with Gasteiger partial charge in [-0.3, -0.25) is 0 Å². The Balaban J connectivity index is 2.02. The number of rotatable bonds is 5. The van der Waals surface area contributed by atoms with Gasteiger partial charge in [0, 0.05) is 6.07 Å². The third-order valence-electron chi connectivity index (χ3n) is 3.55. The average Bonchev–Trinajstić information content (AvgIpc) is 2.96. The molecular weight excluding hydrogens is 306 g/mol. The highest BCUT2D eigenvalue weighted by Crippen LogP contribution is 2.27. The standard InChI is InChI=1S/C18H17N3O3/c1-12-10-17(21(20-12)13-6-4-3-5-7-13)19-16-9-8-14(24-2)11-15(16)18(22)23/h3-11,19H,1-2H3,(H,22,23). The van der Waals surface area contributed by atoms with E-state index >= 15 is 0 Å². The second-order valence-corrected chi connectivity index (χ2v) is 5.26. The number of carboxylic acid groups (broad SMARTS) is 1. The summed E-state index contributed by atoms with van der Waals surface area (Å²) in [6.07, 6.45) is 0. The molecule has 0 radical (unpaired) electrons. The summed E-state index contributed by atoms with van der Waals surface area (Å²) in [5.74, 6) is 0.149. The van der Waals surface area contributed by atoms with E-state index in [0.717, 1.165) is 11.4 Å². The van der Waals surface area contributed by atoms with E-state index in [1.165, 1.54) is 13.2 Å². The molecule has 0 aliphatic heterocycles. The molecule has 6 heteroatoms. The van der Waals surface area contributed by atoms with E-state index in [0.29, 0.717) is 17.3 Å². The average molecular weight is 323 g/mol. The van der Waals surface area contributed by atoms with Gasteiger partial charge in [-0.1, -0.05) is 18.2 Å². The number of anilines is 2. The van der Waals surface area contributed by atoms with Crippen molar-refractivity contribution in [2.24, 2.45) is 0 Å². The largest absolute Gasteiger partial charge is 0.497 e. The molecule has 0 bridgehead atoms. The van der Waals surface area contributed by atoms with E-state index in [9.17, 15) is 9.90 Å². The summed E-state index contributed by atoms with van der Waals surface area (Å²) >= 11 is 0. The predicted molar refractivity (Wildman–Crippen MR) is 91.5 cm³/mol. The van der Waals surface area contributed by atoms with Crippen molar-refractivity contribution in [1.82, 2.24) is 9.78 Å². The molecule has 0 spiro atoms.